The fraction of sp³-hybridized carbons (Fsp3) is 0.667. The molecule has 0 unspecified atom stereocenters. The minimum absolute atomic E-state index is 0.0478. The number of aromatic nitrogens is 1. The fourth-order valence-electron chi connectivity index (χ4n) is 6.63. The van der Waals surface area contributed by atoms with Crippen molar-refractivity contribution < 1.29 is 4.79 Å². The van der Waals surface area contributed by atoms with Crippen molar-refractivity contribution >= 4 is 28.6 Å². The Morgan fingerprint density at radius 1 is 1.16 bits per heavy atom. The molecule has 3 heterocycles. The van der Waals surface area contributed by atoms with Gasteiger partial charge in [0.05, 0.1) is 5.41 Å². The number of thioether (sulfide) groups is 1. The SMILES string of the molecule is CSc1ccc2[nH]cc(C[C@H]3CCCN3CCCCN3C[C@@H]4CCCC[C@]4(C)C3=O)c2c1. The topological polar surface area (TPSA) is 39.3 Å². The van der Waals surface area contributed by atoms with Crippen molar-refractivity contribution in [2.24, 2.45) is 11.3 Å². The summed E-state index contributed by atoms with van der Waals surface area (Å²) in [5.41, 5.74) is 2.67. The van der Waals surface area contributed by atoms with Crippen LogP contribution < -0.4 is 0 Å². The van der Waals surface area contributed by atoms with E-state index in [-0.39, 0.29) is 5.41 Å². The minimum atomic E-state index is -0.0478. The van der Waals surface area contributed by atoms with Crippen LogP contribution in [0.1, 0.15) is 63.9 Å². The Balaban J connectivity index is 1.13. The quantitative estimate of drug-likeness (QED) is 0.411. The number of hydrogen-bond donors (Lipinski definition) is 1. The molecule has 2 aromatic rings. The van der Waals surface area contributed by atoms with E-state index in [0.717, 1.165) is 32.4 Å². The van der Waals surface area contributed by atoms with E-state index < -0.39 is 0 Å². The third-order valence-corrected chi connectivity index (χ3v) is 9.39. The number of carbonyl (C=O) groups is 1. The first kappa shape index (κ1) is 22.3. The highest BCUT2D eigenvalue weighted by molar-refractivity contribution is 7.98. The lowest BCUT2D eigenvalue weighted by molar-refractivity contribution is -0.137. The van der Waals surface area contributed by atoms with Gasteiger partial charge < -0.3 is 14.8 Å². The van der Waals surface area contributed by atoms with Crippen molar-refractivity contribution in [1.29, 1.82) is 0 Å². The van der Waals surface area contributed by atoms with Crippen molar-refractivity contribution in [1.82, 2.24) is 14.8 Å². The molecule has 2 saturated heterocycles. The standard InChI is InChI=1S/C27H39N3OS/c1-27-12-4-3-8-21(27)19-30(26(27)31)14-6-5-13-29-15-7-9-22(29)16-20-18-28-25-11-10-23(32-2)17-24(20)25/h10-11,17-18,21-22,28H,3-9,12-16,19H2,1-2H3/t21-,22+,27-/m0/s1. The van der Waals surface area contributed by atoms with Gasteiger partial charge in [-0.2, -0.15) is 0 Å². The monoisotopic (exact) mass is 453 g/mol. The molecule has 5 heteroatoms. The third kappa shape index (κ3) is 4.23. The van der Waals surface area contributed by atoms with Gasteiger partial charge in [-0.15, -0.1) is 11.8 Å². The Hall–Kier alpha value is -1.46. The number of benzene rings is 1. The average molecular weight is 454 g/mol. The smallest absolute Gasteiger partial charge is 0.228 e. The molecule has 2 aliphatic heterocycles. The fourth-order valence-corrected chi connectivity index (χ4v) is 7.07. The molecule has 1 aliphatic carbocycles. The number of nitrogens with zero attached hydrogens (tertiary/aromatic N) is 2. The summed E-state index contributed by atoms with van der Waals surface area (Å²) in [5.74, 6) is 1.06. The maximum absolute atomic E-state index is 13.0. The molecule has 1 aromatic heterocycles. The number of fused-ring (bicyclic) bond motifs is 2. The number of aromatic amines is 1. The van der Waals surface area contributed by atoms with Crippen LogP contribution in [0.2, 0.25) is 0 Å². The number of nitrogens with one attached hydrogen (secondary N) is 1. The predicted molar refractivity (Wildman–Crippen MR) is 134 cm³/mol. The van der Waals surface area contributed by atoms with Gasteiger partial charge in [-0.3, -0.25) is 4.79 Å². The second kappa shape index (κ2) is 9.42. The Morgan fingerprint density at radius 2 is 2.03 bits per heavy atom. The van der Waals surface area contributed by atoms with Crippen molar-refractivity contribution in [3.05, 3.63) is 30.0 Å². The van der Waals surface area contributed by atoms with Crippen molar-refractivity contribution in [2.75, 3.05) is 32.4 Å². The lowest BCUT2D eigenvalue weighted by atomic mass is 9.69. The minimum Gasteiger partial charge on any atom is -0.361 e. The van der Waals surface area contributed by atoms with Crippen LogP contribution in [-0.2, 0) is 11.2 Å². The second-order valence-electron chi connectivity index (χ2n) is 10.6. The maximum atomic E-state index is 13.0. The lowest BCUT2D eigenvalue weighted by Gasteiger charge is -2.32. The summed E-state index contributed by atoms with van der Waals surface area (Å²) in [4.78, 5) is 22.7. The van der Waals surface area contributed by atoms with Crippen molar-refractivity contribution in [2.45, 2.75) is 75.6 Å². The van der Waals surface area contributed by atoms with Crippen molar-refractivity contribution in [3.8, 4) is 0 Å². The highest BCUT2D eigenvalue weighted by Crippen LogP contribution is 2.47. The molecule has 1 saturated carbocycles. The van der Waals surface area contributed by atoms with Gasteiger partial charge >= 0.3 is 0 Å². The van der Waals surface area contributed by atoms with E-state index >= 15 is 0 Å². The van der Waals surface area contributed by atoms with E-state index in [9.17, 15) is 4.79 Å². The first-order chi connectivity index (χ1) is 15.6. The molecule has 0 bridgehead atoms. The molecule has 1 N–H and O–H groups in total. The Labute approximate surface area is 197 Å². The molecule has 1 amide bonds. The van der Waals surface area contributed by atoms with E-state index in [1.807, 2.05) is 11.8 Å². The van der Waals surface area contributed by atoms with E-state index in [0.29, 0.717) is 17.9 Å². The number of unbranched alkanes of at least 4 members (excludes halogenated alkanes) is 1. The zero-order chi connectivity index (χ0) is 22.1. The lowest BCUT2D eigenvalue weighted by Crippen LogP contribution is -2.36. The summed E-state index contributed by atoms with van der Waals surface area (Å²) in [6.45, 7) is 6.61. The zero-order valence-corrected chi connectivity index (χ0v) is 20.7. The normalized spacial score (nSPS) is 28.7. The molecule has 5 rings (SSSR count). The van der Waals surface area contributed by atoms with Gasteiger partial charge in [0.15, 0.2) is 0 Å². The first-order valence-corrected chi connectivity index (χ1v) is 14.0. The van der Waals surface area contributed by atoms with E-state index in [1.54, 1.807) is 0 Å². The highest BCUT2D eigenvalue weighted by atomic mass is 32.2. The predicted octanol–water partition coefficient (Wildman–Crippen LogP) is 5.72. The molecule has 0 spiro atoms. The molecule has 3 fully saturated rings. The van der Waals surface area contributed by atoms with Gasteiger partial charge in [-0.25, -0.2) is 0 Å². The molecule has 174 valence electrons. The summed E-state index contributed by atoms with van der Waals surface area (Å²) >= 11 is 1.82. The summed E-state index contributed by atoms with van der Waals surface area (Å²) in [5, 5.41) is 1.39. The van der Waals surface area contributed by atoms with Crippen LogP contribution in [-0.4, -0.2) is 59.2 Å². The zero-order valence-electron chi connectivity index (χ0n) is 19.9. The van der Waals surface area contributed by atoms with Crippen LogP contribution in [0, 0.1) is 11.3 Å². The van der Waals surface area contributed by atoms with Crippen LogP contribution in [0.3, 0.4) is 0 Å². The van der Waals surface area contributed by atoms with E-state index in [4.69, 9.17) is 0 Å². The number of hydrogen-bond acceptors (Lipinski definition) is 3. The number of rotatable bonds is 8. The number of amides is 1. The van der Waals surface area contributed by atoms with E-state index in [2.05, 4.69) is 52.4 Å². The van der Waals surface area contributed by atoms with Crippen molar-refractivity contribution in [3.63, 3.8) is 0 Å². The van der Waals surface area contributed by atoms with Gasteiger partial charge in [0.2, 0.25) is 5.91 Å². The molecule has 1 aromatic carbocycles. The number of likely N-dealkylation sites (tertiary alicyclic amines) is 2. The Morgan fingerprint density at radius 3 is 2.88 bits per heavy atom. The van der Waals surface area contributed by atoms with Gasteiger partial charge in [-0.1, -0.05) is 19.8 Å². The molecular formula is C27H39N3OS. The molecule has 32 heavy (non-hydrogen) atoms. The third-order valence-electron chi connectivity index (χ3n) is 8.67. The second-order valence-corrected chi connectivity index (χ2v) is 11.5. The van der Waals surface area contributed by atoms with Gasteiger partial charge in [0.1, 0.15) is 0 Å². The van der Waals surface area contributed by atoms with Crippen LogP contribution in [0.5, 0.6) is 0 Å². The number of H-pyrrole nitrogens is 1. The summed E-state index contributed by atoms with van der Waals surface area (Å²) in [7, 11) is 0. The summed E-state index contributed by atoms with van der Waals surface area (Å²) in [6.07, 6.45) is 15.4. The molecule has 4 nitrogen and oxygen atoms in total. The van der Waals surface area contributed by atoms with Crippen LogP contribution in [0.15, 0.2) is 29.3 Å². The molecular weight excluding hydrogens is 414 g/mol. The largest absolute Gasteiger partial charge is 0.361 e. The Kier molecular flexibility index (Phi) is 6.58. The molecule has 0 radical (unpaired) electrons. The maximum Gasteiger partial charge on any atom is 0.228 e. The van der Waals surface area contributed by atoms with Crippen LogP contribution >= 0.6 is 11.8 Å². The molecule has 3 atom stereocenters. The van der Waals surface area contributed by atoms with Gasteiger partial charge in [-0.05, 0) is 94.0 Å². The first-order valence-electron chi connectivity index (χ1n) is 12.8. The summed E-state index contributed by atoms with van der Waals surface area (Å²) < 4.78 is 0. The van der Waals surface area contributed by atoms with Crippen LogP contribution in [0.25, 0.3) is 10.9 Å². The average Bonchev–Trinajstić information content (AvgIpc) is 3.49. The highest BCUT2D eigenvalue weighted by Gasteiger charge is 2.50. The molecule has 3 aliphatic rings. The summed E-state index contributed by atoms with van der Waals surface area (Å²) in [6, 6.07) is 7.42. The Bertz CT molecular complexity index is 956. The van der Waals surface area contributed by atoms with Crippen LogP contribution in [0.4, 0.5) is 0 Å². The number of carbonyl (C=O) groups excluding carboxylic acids is 1. The van der Waals surface area contributed by atoms with Gasteiger partial charge in [0.25, 0.3) is 0 Å². The van der Waals surface area contributed by atoms with Gasteiger partial charge in [0, 0.05) is 41.1 Å². The van der Waals surface area contributed by atoms with E-state index in [1.165, 1.54) is 73.0 Å².